The maximum atomic E-state index is 11.7. The molecule has 3 rings (SSSR count). The number of hydrogen-bond donors (Lipinski definition) is 0. The topological polar surface area (TPSA) is 169 Å². The van der Waals surface area contributed by atoms with E-state index in [2.05, 4.69) is 15.0 Å². The summed E-state index contributed by atoms with van der Waals surface area (Å²) in [5.74, 6) is -1.61. The molecular weight excluding hydrogens is 596 g/mol. The standard InChI is InChI=1S/3C10H14N2O2.Fe/c3*1-3-12(4-2)10(14)8-5-6-11-7-9(8)13;/h3*5-7,13H,3-4H2,1-2H3;/q;;;+3/p-3. The van der Waals surface area contributed by atoms with Crippen LogP contribution in [0.4, 0.5) is 0 Å². The van der Waals surface area contributed by atoms with Crippen LogP contribution in [0.3, 0.4) is 0 Å². The predicted molar refractivity (Wildman–Crippen MR) is 153 cm³/mol. The SMILES string of the molecule is CCN(CC)C(=O)c1ccncc1[O-].CCN(CC)C(=O)c1ccncc1[O-].CCN(CC)C(=O)c1ccncc1[O-].[Fe+3]. The molecule has 0 fully saturated rings. The molecule has 0 aliphatic carbocycles. The quantitative estimate of drug-likeness (QED) is 0.319. The Morgan fingerprint density at radius 2 is 0.721 bits per heavy atom. The molecule has 3 aromatic rings. The predicted octanol–water partition coefficient (Wildman–Crippen LogP) is 1.91. The van der Waals surface area contributed by atoms with Crippen LogP contribution < -0.4 is 15.3 Å². The zero-order chi connectivity index (χ0) is 31.7. The Morgan fingerprint density at radius 1 is 0.512 bits per heavy atom. The summed E-state index contributed by atoms with van der Waals surface area (Å²) in [6.45, 7) is 14.9. The molecular formula is C30H39FeN6O6. The van der Waals surface area contributed by atoms with E-state index in [1.54, 1.807) is 14.7 Å². The molecule has 0 aliphatic rings. The molecule has 0 bridgehead atoms. The van der Waals surface area contributed by atoms with Crippen molar-refractivity contribution in [3.63, 3.8) is 0 Å². The maximum Gasteiger partial charge on any atom is 3.00 e. The monoisotopic (exact) mass is 635 g/mol. The van der Waals surface area contributed by atoms with Crippen LogP contribution in [-0.2, 0) is 17.1 Å². The molecule has 0 N–H and O–H groups in total. The number of aromatic nitrogens is 3. The molecule has 12 nitrogen and oxygen atoms in total. The number of carbonyl (C=O) groups is 3. The van der Waals surface area contributed by atoms with Crippen molar-refractivity contribution in [2.24, 2.45) is 0 Å². The van der Waals surface area contributed by atoms with Gasteiger partial charge in [-0.05, 0) is 59.7 Å². The van der Waals surface area contributed by atoms with E-state index >= 15 is 0 Å². The van der Waals surface area contributed by atoms with Gasteiger partial charge in [0.05, 0.1) is 0 Å². The van der Waals surface area contributed by atoms with Crippen LogP contribution in [0.2, 0.25) is 0 Å². The van der Waals surface area contributed by atoms with Gasteiger partial charge in [-0.25, -0.2) is 0 Å². The zero-order valence-electron chi connectivity index (χ0n) is 25.4. The molecule has 0 aromatic carbocycles. The van der Waals surface area contributed by atoms with Crippen molar-refractivity contribution in [2.45, 2.75) is 41.5 Å². The Morgan fingerprint density at radius 3 is 0.884 bits per heavy atom. The minimum absolute atomic E-state index is 0. The molecule has 0 unspecified atom stereocenters. The maximum absolute atomic E-state index is 11.7. The molecule has 0 aliphatic heterocycles. The second kappa shape index (κ2) is 20.6. The molecule has 0 spiro atoms. The van der Waals surface area contributed by atoms with Gasteiger partial charge >= 0.3 is 17.1 Å². The molecule has 3 amide bonds. The fourth-order valence-corrected chi connectivity index (χ4v) is 3.71. The summed E-state index contributed by atoms with van der Waals surface area (Å²) in [4.78, 5) is 51.0. The third-order valence-corrected chi connectivity index (χ3v) is 6.20. The van der Waals surface area contributed by atoms with Gasteiger partial charge in [0, 0.05) is 93.1 Å². The van der Waals surface area contributed by atoms with Gasteiger partial charge in [-0.1, -0.05) is 17.2 Å². The Labute approximate surface area is 263 Å². The number of pyridine rings is 3. The Bertz CT molecular complexity index is 1130. The van der Waals surface area contributed by atoms with Crippen molar-refractivity contribution in [1.29, 1.82) is 0 Å². The van der Waals surface area contributed by atoms with Crippen molar-refractivity contribution >= 4 is 17.7 Å². The van der Waals surface area contributed by atoms with Gasteiger partial charge in [0.25, 0.3) is 17.7 Å². The van der Waals surface area contributed by atoms with Crippen molar-refractivity contribution in [1.82, 2.24) is 29.7 Å². The third kappa shape index (κ3) is 11.5. The van der Waals surface area contributed by atoms with Crippen LogP contribution in [0.25, 0.3) is 0 Å². The fraction of sp³-hybridized carbons (Fsp3) is 0.400. The number of rotatable bonds is 9. The van der Waals surface area contributed by atoms with E-state index in [-0.39, 0.29) is 68.7 Å². The van der Waals surface area contributed by atoms with Crippen molar-refractivity contribution in [3.8, 4) is 17.2 Å². The van der Waals surface area contributed by atoms with E-state index in [0.29, 0.717) is 39.3 Å². The van der Waals surface area contributed by atoms with E-state index in [4.69, 9.17) is 0 Å². The second-order valence-electron chi connectivity index (χ2n) is 8.55. The first-order valence-corrected chi connectivity index (χ1v) is 13.8. The Kier molecular flexibility index (Phi) is 18.6. The van der Waals surface area contributed by atoms with Gasteiger partial charge in [-0.3, -0.25) is 29.3 Å². The van der Waals surface area contributed by atoms with Crippen molar-refractivity contribution < 1.29 is 46.8 Å². The molecule has 0 saturated carbocycles. The van der Waals surface area contributed by atoms with E-state index in [9.17, 15) is 29.7 Å². The fourth-order valence-electron chi connectivity index (χ4n) is 3.71. The summed E-state index contributed by atoms with van der Waals surface area (Å²) >= 11 is 0. The molecule has 1 radical (unpaired) electrons. The second-order valence-corrected chi connectivity index (χ2v) is 8.55. The van der Waals surface area contributed by atoms with Gasteiger partial charge in [0.1, 0.15) is 0 Å². The number of nitrogens with zero attached hydrogens (tertiary/aromatic N) is 6. The summed E-state index contributed by atoms with van der Waals surface area (Å²) in [7, 11) is 0. The van der Waals surface area contributed by atoms with Gasteiger partial charge in [-0.15, -0.1) is 0 Å². The van der Waals surface area contributed by atoms with E-state index in [1.807, 2.05) is 41.5 Å². The summed E-state index contributed by atoms with van der Waals surface area (Å²) in [5, 5.41) is 33.9. The smallest absolute Gasteiger partial charge is 0.871 e. The minimum atomic E-state index is -0.315. The zero-order valence-corrected chi connectivity index (χ0v) is 26.5. The van der Waals surface area contributed by atoms with E-state index in [1.165, 1.54) is 36.8 Å². The summed E-state index contributed by atoms with van der Waals surface area (Å²) < 4.78 is 0. The largest absolute Gasteiger partial charge is 3.00 e. The first-order chi connectivity index (χ1) is 20.1. The van der Waals surface area contributed by atoms with E-state index in [0.717, 1.165) is 18.6 Å². The molecule has 0 saturated heterocycles. The third-order valence-electron chi connectivity index (χ3n) is 6.20. The van der Waals surface area contributed by atoms with Gasteiger partial charge < -0.3 is 30.0 Å². The average molecular weight is 636 g/mol. The molecule has 233 valence electrons. The number of amides is 3. The molecule has 0 atom stereocenters. The van der Waals surface area contributed by atoms with Crippen molar-refractivity contribution in [2.75, 3.05) is 39.3 Å². The summed E-state index contributed by atoms with van der Waals surface area (Å²) in [6.07, 6.45) is 7.86. The molecule has 3 aromatic heterocycles. The first kappa shape index (κ1) is 38.8. The summed E-state index contributed by atoms with van der Waals surface area (Å²) in [5.41, 5.74) is 0.594. The van der Waals surface area contributed by atoms with E-state index < -0.39 is 0 Å². The van der Waals surface area contributed by atoms with Crippen LogP contribution in [0, 0.1) is 0 Å². The van der Waals surface area contributed by atoms with Crippen molar-refractivity contribution in [3.05, 3.63) is 72.1 Å². The molecule has 3 heterocycles. The molecule has 13 heteroatoms. The van der Waals surface area contributed by atoms with Crippen LogP contribution in [-0.4, -0.2) is 86.6 Å². The van der Waals surface area contributed by atoms with Gasteiger partial charge in [0.2, 0.25) is 0 Å². The first-order valence-electron chi connectivity index (χ1n) is 13.8. The van der Waals surface area contributed by atoms with Crippen LogP contribution in [0.15, 0.2) is 55.4 Å². The van der Waals surface area contributed by atoms with Crippen LogP contribution in [0.5, 0.6) is 17.2 Å². The van der Waals surface area contributed by atoms with Gasteiger partial charge in [0.15, 0.2) is 0 Å². The Balaban J connectivity index is 0.000000608. The van der Waals surface area contributed by atoms with Crippen LogP contribution in [0.1, 0.15) is 72.6 Å². The Hall–Kier alpha value is -4.22. The number of carbonyl (C=O) groups excluding carboxylic acids is 3. The average Bonchev–Trinajstić information content (AvgIpc) is 3.00. The van der Waals surface area contributed by atoms with Crippen LogP contribution >= 0.6 is 0 Å². The number of hydrogen-bond acceptors (Lipinski definition) is 9. The minimum Gasteiger partial charge on any atom is -0.871 e. The summed E-state index contributed by atoms with van der Waals surface area (Å²) in [6, 6.07) is 4.38. The van der Waals surface area contributed by atoms with Gasteiger partial charge in [-0.2, -0.15) is 0 Å². The normalized spacial score (nSPS) is 9.63. The molecule has 43 heavy (non-hydrogen) atoms.